The van der Waals surface area contributed by atoms with Crippen molar-refractivity contribution >= 4 is 33.6 Å². The zero-order valence-corrected chi connectivity index (χ0v) is 21.5. The molecule has 7 heteroatoms. The van der Waals surface area contributed by atoms with E-state index in [1.54, 1.807) is 30.3 Å². The van der Waals surface area contributed by atoms with Gasteiger partial charge < -0.3 is 19.5 Å². The highest BCUT2D eigenvalue weighted by Gasteiger charge is 2.15. The molecule has 0 saturated heterocycles. The highest BCUT2D eigenvalue weighted by Crippen LogP contribution is 2.38. The molecule has 0 bridgehead atoms. The van der Waals surface area contributed by atoms with E-state index in [0.717, 1.165) is 5.56 Å². The van der Waals surface area contributed by atoms with Gasteiger partial charge in [0.1, 0.15) is 24.0 Å². The van der Waals surface area contributed by atoms with E-state index in [-0.39, 0.29) is 11.7 Å². The topological polar surface area (TPSA) is 80.6 Å². The Morgan fingerprint density at radius 2 is 1.86 bits per heavy atom. The van der Waals surface area contributed by atoms with Gasteiger partial charge in [-0.25, -0.2) is 0 Å². The maximum absolute atomic E-state index is 12.8. The molecule has 0 unspecified atom stereocenters. The van der Waals surface area contributed by atoms with Crippen molar-refractivity contribution in [2.24, 2.45) is 0 Å². The maximum atomic E-state index is 12.8. The molecule has 0 fully saturated rings. The maximum Gasteiger partial charge on any atom is 0.266 e. The Morgan fingerprint density at radius 3 is 2.54 bits per heavy atom. The third-order valence-electron chi connectivity index (χ3n) is 4.70. The molecule has 0 aromatic heterocycles. The molecule has 1 N–H and O–H groups in total. The monoisotopic (exact) mass is 534 g/mol. The van der Waals surface area contributed by atoms with E-state index >= 15 is 0 Å². The van der Waals surface area contributed by atoms with E-state index in [9.17, 15) is 10.1 Å². The van der Waals surface area contributed by atoms with Gasteiger partial charge in [-0.2, -0.15) is 5.26 Å². The third kappa shape index (κ3) is 7.62. The molecule has 0 radical (unpaired) electrons. The fourth-order valence-corrected chi connectivity index (χ4v) is 3.81. The SMILES string of the molecule is CCOc1cc(/C=C(/C#N)C(=O)Nc2cccc(OC(C)C)c2)cc(Br)c1OCc1ccccc1. The lowest BCUT2D eigenvalue weighted by Gasteiger charge is -2.15. The van der Waals surface area contributed by atoms with Gasteiger partial charge in [0, 0.05) is 11.8 Å². The van der Waals surface area contributed by atoms with E-state index in [2.05, 4.69) is 21.2 Å². The average molecular weight is 535 g/mol. The van der Waals surface area contributed by atoms with Crippen molar-refractivity contribution in [2.75, 3.05) is 11.9 Å². The number of hydrogen-bond acceptors (Lipinski definition) is 5. The van der Waals surface area contributed by atoms with E-state index in [0.29, 0.717) is 46.2 Å². The number of carbonyl (C=O) groups excluding carboxylic acids is 1. The van der Waals surface area contributed by atoms with Crippen molar-refractivity contribution in [1.82, 2.24) is 0 Å². The molecule has 0 aliphatic rings. The van der Waals surface area contributed by atoms with Crippen molar-refractivity contribution < 1.29 is 19.0 Å². The minimum absolute atomic E-state index is 0.00754. The Hall–Kier alpha value is -3.76. The summed E-state index contributed by atoms with van der Waals surface area (Å²) in [5, 5.41) is 12.4. The molecule has 0 aliphatic heterocycles. The van der Waals surface area contributed by atoms with Crippen molar-refractivity contribution in [1.29, 1.82) is 5.26 Å². The predicted molar refractivity (Wildman–Crippen MR) is 141 cm³/mol. The summed E-state index contributed by atoms with van der Waals surface area (Å²) in [6, 6.07) is 22.4. The number of nitrogens with zero attached hydrogens (tertiary/aromatic N) is 1. The summed E-state index contributed by atoms with van der Waals surface area (Å²) in [4.78, 5) is 12.8. The van der Waals surface area contributed by atoms with Crippen LogP contribution in [0.25, 0.3) is 6.08 Å². The highest BCUT2D eigenvalue weighted by molar-refractivity contribution is 9.10. The van der Waals surface area contributed by atoms with Gasteiger partial charge in [-0.3, -0.25) is 4.79 Å². The second-order valence-corrected chi connectivity index (χ2v) is 8.71. The molecule has 0 saturated carbocycles. The standard InChI is InChI=1S/C28H27BrN2O4/c1-4-33-26-15-21(14-25(29)27(26)34-18-20-9-6-5-7-10-20)13-22(17-30)28(32)31-23-11-8-12-24(16-23)35-19(2)3/h5-16,19H,4,18H2,1-3H3,(H,31,32)/b22-13-. The lowest BCUT2D eigenvalue weighted by molar-refractivity contribution is -0.112. The fourth-order valence-electron chi connectivity index (χ4n) is 3.24. The first-order valence-electron chi connectivity index (χ1n) is 11.2. The van der Waals surface area contributed by atoms with Crippen LogP contribution in [0.15, 0.2) is 76.8 Å². The Morgan fingerprint density at radius 1 is 1.09 bits per heavy atom. The number of anilines is 1. The average Bonchev–Trinajstić information content (AvgIpc) is 2.82. The van der Waals surface area contributed by atoms with Crippen molar-refractivity contribution in [3.8, 4) is 23.3 Å². The number of halogens is 1. The summed E-state index contributed by atoms with van der Waals surface area (Å²) in [5.41, 5.74) is 2.13. The molecule has 3 aromatic carbocycles. The van der Waals surface area contributed by atoms with Gasteiger partial charge in [0.25, 0.3) is 5.91 Å². The van der Waals surface area contributed by atoms with Gasteiger partial charge >= 0.3 is 0 Å². The van der Waals surface area contributed by atoms with Crippen LogP contribution in [0.4, 0.5) is 5.69 Å². The molecule has 3 aromatic rings. The molecular formula is C28H27BrN2O4. The van der Waals surface area contributed by atoms with Crippen molar-refractivity contribution in [3.63, 3.8) is 0 Å². The summed E-state index contributed by atoms with van der Waals surface area (Å²) < 4.78 is 18.1. The van der Waals surface area contributed by atoms with Crippen LogP contribution in [0.5, 0.6) is 17.2 Å². The lowest BCUT2D eigenvalue weighted by Crippen LogP contribution is -2.14. The van der Waals surface area contributed by atoms with Crippen LogP contribution < -0.4 is 19.5 Å². The van der Waals surface area contributed by atoms with E-state index in [1.165, 1.54) is 6.08 Å². The number of amides is 1. The number of rotatable bonds is 10. The molecular weight excluding hydrogens is 508 g/mol. The van der Waals surface area contributed by atoms with Gasteiger partial charge in [-0.1, -0.05) is 36.4 Å². The molecule has 0 heterocycles. The van der Waals surface area contributed by atoms with E-state index < -0.39 is 5.91 Å². The van der Waals surface area contributed by atoms with Gasteiger partial charge in [-0.05, 0) is 78.2 Å². The number of carbonyl (C=O) groups is 1. The summed E-state index contributed by atoms with van der Waals surface area (Å²) in [6.07, 6.45) is 1.52. The van der Waals surface area contributed by atoms with Crippen LogP contribution >= 0.6 is 15.9 Å². The van der Waals surface area contributed by atoms with Crippen LogP contribution in [0.2, 0.25) is 0 Å². The largest absolute Gasteiger partial charge is 0.491 e. The summed E-state index contributed by atoms with van der Waals surface area (Å²) in [7, 11) is 0. The third-order valence-corrected chi connectivity index (χ3v) is 5.29. The lowest BCUT2D eigenvalue weighted by atomic mass is 10.1. The van der Waals surface area contributed by atoms with Crippen LogP contribution in [0, 0.1) is 11.3 Å². The fraction of sp³-hybridized carbons (Fsp3) is 0.214. The van der Waals surface area contributed by atoms with Gasteiger partial charge in [0.05, 0.1) is 17.2 Å². The Bertz CT molecular complexity index is 1230. The molecule has 0 spiro atoms. The minimum Gasteiger partial charge on any atom is -0.491 e. The molecule has 6 nitrogen and oxygen atoms in total. The molecule has 0 atom stereocenters. The first-order valence-corrected chi connectivity index (χ1v) is 12.0. The Kier molecular flexibility index (Phi) is 9.33. The van der Waals surface area contributed by atoms with Gasteiger partial charge in [0.15, 0.2) is 11.5 Å². The number of ether oxygens (including phenoxy) is 3. The van der Waals surface area contributed by atoms with E-state index in [1.807, 2.05) is 63.2 Å². The smallest absolute Gasteiger partial charge is 0.266 e. The minimum atomic E-state index is -0.521. The quantitative estimate of drug-likeness (QED) is 0.229. The molecule has 3 rings (SSSR count). The molecule has 180 valence electrons. The first-order chi connectivity index (χ1) is 16.9. The second-order valence-electron chi connectivity index (χ2n) is 7.86. The number of benzene rings is 3. The number of nitrogens with one attached hydrogen (secondary N) is 1. The van der Waals surface area contributed by atoms with Gasteiger partial charge in [-0.15, -0.1) is 0 Å². The molecule has 1 amide bonds. The predicted octanol–water partition coefficient (Wildman–Crippen LogP) is 6.76. The summed E-state index contributed by atoms with van der Waals surface area (Å²) in [5.74, 6) is 1.18. The van der Waals surface area contributed by atoms with Crippen molar-refractivity contribution in [3.05, 3.63) is 87.9 Å². The zero-order chi connectivity index (χ0) is 25.2. The summed E-state index contributed by atoms with van der Waals surface area (Å²) in [6.45, 7) is 6.54. The van der Waals surface area contributed by atoms with Crippen LogP contribution in [0.3, 0.4) is 0 Å². The number of hydrogen-bond donors (Lipinski definition) is 1. The highest BCUT2D eigenvalue weighted by atomic mass is 79.9. The van der Waals surface area contributed by atoms with Crippen molar-refractivity contribution in [2.45, 2.75) is 33.5 Å². The normalized spacial score (nSPS) is 11.0. The first kappa shape index (κ1) is 25.9. The summed E-state index contributed by atoms with van der Waals surface area (Å²) >= 11 is 3.54. The van der Waals surface area contributed by atoms with Crippen LogP contribution in [-0.4, -0.2) is 18.6 Å². The Balaban J connectivity index is 1.81. The van der Waals surface area contributed by atoms with Crippen LogP contribution in [-0.2, 0) is 11.4 Å². The number of nitriles is 1. The van der Waals surface area contributed by atoms with Gasteiger partial charge in [0.2, 0.25) is 0 Å². The molecule has 35 heavy (non-hydrogen) atoms. The Labute approximate surface area is 214 Å². The van der Waals surface area contributed by atoms with Crippen LogP contribution in [0.1, 0.15) is 31.9 Å². The van der Waals surface area contributed by atoms with E-state index in [4.69, 9.17) is 14.2 Å². The zero-order valence-electron chi connectivity index (χ0n) is 19.9. The molecule has 0 aliphatic carbocycles. The second kappa shape index (κ2) is 12.6.